The fourth-order valence-corrected chi connectivity index (χ4v) is 10.9. The quantitative estimate of drug-likeness (QED) is 0.285. The topological polar surface area (TPSA) is 0 Å². The molecule has 7 rings (SSSR count). The van der Waals surface area contributed by atoms with Crippen molar-refractivity contribution in [3.63, 3.8) is 0 Å². The predicted octanol–water partition coefficient (Wildman–Crippen LogP) is 4.73. The zero-order valence-electron chi connectivity index (χ0n) is 28.6. The van der Waals surface area contributed by atoms with Crippen molar-refractivity contribution in [2.75, 3.05) is 0 Å². The molecule has 0 N–H and O–H groups in total. The molecule has 6 aliphatic rings. The first-order valence-electron chi connectivity index (χ1n) is 16.0. The molecule has 2 saturated carbocycles. The van der Waals surface area contributed by atoms with Crippen LogP contribution in [0.1, 0.15) is 74.3 Å². The van der Waals surface area contributed by atoms with Crippen LogP contribution in [-0.4, -0.2) is 3.26 Å². The van der Waals surface area contributed by atoms with Gasteiger partial charge in [0.25, 0.3) is 0 Å². The Labute approximate surface area is 301 Å². The number of benzene rings is 1. The molecule has 238 valence electrons. The molecule has 0 aliphatic heterocycles. The number of fused-ring (bicyclic) bond motifs is 8. The fourth-order valence-electron chi connectivity index (χ4n) is 10.3. The van der Waals surface area contributed by atoms with Gasteiger partial charge in [-0.25, -0.2) is 12.2 Å². The van der Waals surface area contributed by atoms with Crippen LogP contribution in [0.2, 0.25) is 0 Å². The second kappa shape index (κ2) is 13.2. The zero-order valence-corrected chi connectivity index (χ0v) is 33.7. The predicted molar refractivity (Wildman–Crippen MR) is 182 cm³/mol. The van der Waals surface area contributed by atoms with Crippen LogP contribution in [0, 0.1) is 56.3 Å². The Kier molecular flexibility index (Phi) is 11.1. The van der Waals surface area contributed by atoms with E-state index in [0.717, 1.165) is 6.42 Å². The molecule has 45 heavy (non-hydrogen) atoms. The van der Waals surface area contributed by atoms with Crippen molar-refractivity contribution in [3.05, 3.63) is 139 Å². The maximum Gasteiger partial charge on any atom is -0.109 e. The van der Waals surface area contributed by atoms with Gasteiger partial charge in [-0.05, 0) is 28.6 Å². The summed E-state index contributed by atoms with van der Waals surface area (Å²) < 4.78 is 1.51. The summed E-state index contributed by atoms with van der Waals surface area (Å²) in [5.41, 5.74) is 3.13. The SMILES string of the molecule is CC1=CC=CC2[CH-]C3(C)C4(C)C=CC=CC4(C)C4(C)C=CC=CC4(C)C3(C)C12C.C[C](=[Hf+2])c1ccccc1.[C-]1=CC=CC1.[Cl-].[Cl-]. The maximum atomic E-state index is 2.99. The molecular weight excluding hydrogens is 754 g/mol. The molecule has 0 heterocycles. The van der Waals surface area contributed by atoms with Crippen LogP contribution in [0.5, 0.6) is 0 Å². The molecule has 0 nitrogen and oxygen atoms in total. The average Bonchev–Trinajstić information content (AvgIpc) is 3.64. The number of allylic oxidation sites excluding steroid dienone is 16. The summed E-state index contributed by atoms with van der Waals surface area (Å²) in [5, 5.41) is 0. The molecule has 0 aromatic heterocycles. The molecule has 3 heteroatoms. The van der Waals surface area contributed by atoms with E-state index in [9.17, 15) is 0 Å². The van der Waals surface area contributed by atoms with Gasteiger partial charge >= 0.3 is 70.0 Å². The molecule has 8 unspecified atom stereocenters. The van der Waals surface area contributed by atoms with Gasteiger partial charge in [0.05, 0.1) is 0 Å². The summed E-state index contributed by atoms with van der Waals surface area (Å²) in [6, 6.07) is 10.5. The monoisotopic (exact) mass is 804 g/mol. The minimum atomic E-state index is 0. The van der Waals surface area contributed by atoms with Crippen LogP contribution in [0.4, 0.5) is 0 Å². The normalized spacial score (nSPS) is 41.8. The van der Waals surface area contributed by atoms with Crippen molar-refractivity contribution < 1.29 is 48.7 Å². The smallest absolute Gasteiger partial charge is 0.109 e. The number of halogens is 2. The summed E-state index contributed by atoms with van der Waals surface area (Å²) >= 11 is 1.17. The maximum absolute atomic E-state index is 2.99. The minimum Gasteiger partial charge on any atom is -1.00 e. The third kappa shape index (κ3) is 4.87. The molecule has 2 fully saturated rings. The summed E-state index contributed by atoms with van der Waals surface area (Å²) in [6.07, 6.45) is 39.3. The molecule has 0 radical (unpaired) electrons. The van der Waals surface area contributed by atoms with E-state index < -0.39 is 0 Å². The molecule has 0 amide bonds. The summed E-state index contributed by atoms with van der Waals surface area (Å²) in [6.45, 7) is 22.5. The van der Waals surface area contributed by atoms with E-state index in [1.165, 1.54) is 38.3 Å². The van der Waals surface area contributed by atoms with Crippen LogP contribution in [0.15, 0.2) is 121 Å². The molecule has 1 aromatic rings. The Hall–Kier alpha value is -1.54. The molecule has 0 bridgehead atoms. The van der Waals surface area contributed by atoms with Gasteiger partial charge in [0.15, 0.2) is 0 Å². The van der Waals surface area contributed by atoms with E-state index in [0.29, 0.717) is 5.92 Å². The van der Waals surface area contributed by atoms with Crippen LogP contribution < -0.4 is 24.8 Å². The second-order valence-corrected chi connectivity index (χ2v) is 17.4. The van der Waals surface area contributed by atoms with E-state index in [1.807, 2.05) is 18.2 Å². The van der Waals surface area contributed by atoms with Crippen LogP contribution in [-0.2, 0) is 23.9 Å². The van der Waals surface area contributed by atoms with E-state index in [1.54, 1.807) is 0 Å². The Balaban J connectivity index is 0.000000286. The van der Waals surface area contributed by atoms with Gasteiger partial charge in [0, 0.05) is 10.8 Å². The van der Waals surface area contributed by atoms with Gasteiger partial charge in [-0.3, -0.25) is 6.08 Å². The second-order valence-electron chi connectivity index (χ2n) is 14.7. The third-order valence-electron chi connectivity index (χ3n) is 13.8. The Bertz CT molecular complexity index is 1510. The molecule has 8 atom stereocenters. The average molecular weight is 804 g/mol. The summed E-state index contributed by atoms with van der Waals surface area (Å²) in [4.78, 5) is 0. The van der Waals surface area contributed by atoms with Crippen molar-refractivity contribution in [1.29, 1.82) is 0 Å². The van der Waals surface area contributed by atoms with Crippen molar-refractivity contribution in [3.8, 4) is 0 Å². The van der Waals surface area contributed by atoms with Crippen molar-refractivity contribution in [2.45, 2.75) is 68.7 Å². The standard InChI is InChI=1S/C29H37.C8H8.C5H5.2ClH.Hf/c1-21-14-13-15-22-20-27(6)25(4)18-10-9-16-23(25,2)24(3)17-11-12-19-26(24,5)29(27,8)28(21,22)7;1-2-8-6-4-3-5-7-8;1-2-4-5-3-1;;;/h9-20,22H,1-8H3;3-7H,1H3;1-3H,4H2;2*1H;/q-1;;-1;;;+2/p-2. The fraction of sp³-hybridized carbons (Fsp3) is 0.429. The Morgan fingerprint density at radius 1 is 0.756 bits per heavy atom. The summed E-state index contributed by atoms with van der Waals surface area (Å²) in [7, 11) is 0. The zero-order chi connectivity index (χ0) is 31.4. The van der Waals surface area contributed by atoms with Crippen LogP contribution in [0.25, 0.3) is 0 Å². The molecule has 0 saturated heterocycles. The van der Waals surface area contributed by atoms with Crippen molar-refractivity contribution >= 4 is 3.26 Å². The first kappa shape index (κ1) is 37.9. The van der Waals surface area contributed by atoms with Gasteiger partial charge in [0.1, 0.15) is 0 Å². The third-order valence-corrected chi connectivity index (χ3v) is 14.9. The number of rotatable bonds is 1. The van der Waals surface area contributed by atoms with Gasteiger partial charge in [0.2, 0.25) is 0 Å². The van der Waals surface area contributed by atoms with Crippen molar-refractivity contribution in [1.82, 2.24) is 0 Å². The Morgan fingerprint density at radius 3 is 1.76 bits per heavy atom. The van der Waals surface area contributed by atoms with Gasteiger partial charge < -0.3 is 31.2 Å². The van der Waals surface area contributed by atoms with Gasteiger partial charge in [-0.15, -0.1) is 23.8 Å². The van der Waals surface area contributed by atoms with Gasteiger partial charge in [-0.1, -0.05) is 115 Å². The molecule has 0 spiro atoms. The van der Waals surface area contributed by atoms with Crippen molar-refractivity contribution in [2.24, 2.45) is 43.8 Å². The molecule has 6 aliphatic carbocycles. The van der Waals surface area contributed by atoms with Crippen LogP contribution >= 0.6 is 0 Å². The number of hydrogen-bond donors (Lipinski definition) is 0. The summed E-state index contributed by atoms with van der Waals surface area (Å²) in [5.74, 6) is 0.460. The minimum absolute atomic E-state index is 0. The van der Waals surface area contributed by atoms with E-state index >= 15 is 0 Å². The van der Waals surface area contributed by atoms with Gasteiger partial charge in [-0.2, -0.15) is 6.08 Å². The first-order chi connectivity index (χ1) is 20.2. The molecule has 1 aromatic carbocycles. The van der Waals surface area contributed by atoms with E-state index in [2.05, 4.69) is 172 Å². The Morgan fingerprint density at radius 2 is 1.29 bits per heavy atom. The van der Waals surface area contributed by atoms with E-state index in [-0.39, 0.29) is 62.7 Å². The molecular formula is C42H50Cl2Hf-2. The number of hydrogen-bond acceptors (Lipinski definition) is 0. The van der Waals surface area contributed by atoms with E-state index in [4.69, 9.17) is 0 Å². The largest absolute Gasteiger partial charge is 1.00 e. The first-order valence-corrected chi connectivity index (χ1v) is 17.8. The van der Waals surface area contributed by atoms with Crippen LogP contribution in [0.3, 0.4) is 0 Å².